The molecule has 1 heterocycles. The molecule has 0 aromatic carbocycles. The Hall–Kier alpha value is 0.660. The quantitative estimate of drug-likeness (QED) is 0.632. The first-order valence-electron chi connectivity index (χ1n) is 4.34. The highest BCUT2D eigenvalue weighted by Crippen LogP contribution is 2.52. The molecule has 1 spiro atoms. The third kappa shape index (κ3) is 1.70. The monoisotopic (exact) mass is 189 g/mol. The fraction of sp³-hybridized carbons (Fsp3) is 1.00. The average Bonchev–Trinajstić information content (AvgIpc) is 2.45. The summed E-state index contributed by atoms with van der Waals surface area (Å²) in [6.45, 7) is 0. The largest absolute Gasteiger partial charge is 0.328 e. The maximum absolute atomic E-state index is 5.87. The molecule has 1 aliphatic carbocycles. The van der Waals surface area contributed by atoms with Gasteiger partial charge < -0.3 is 5.73 Å². The maximum Gasteiger partial charge on any atom is 0.0612 e. The summed E-state index contributed by atoms with van der Waals surface area (Å²) in [5.41, 5.74) is 5.87. The van der Waals surface area contributed by atoms with Gasteiger partial charge >= 0.3 is 0 Å². The second-order valence-electron chi connectivity index (χ2n) is 3.45. The van der Waals surface area contributed by atoms with Crippen LogP contribution < -0.4 is 5.73 Å². The van der Waals surface area contributed by atoms with Crippen molar-refractivity contribution < 1.29 is 0 Å². The lowest BCUT2D eigenvalue weighted by Gasteiger charge is -2.34. The van der Waals surface area contributed by atoms with E-state index in [1.54, 1.807) is 0 Å². The van der Waals surface area contributed by atoms with Crippen molar-refractivity contribution >= 4 is 23.5 Å². The Bertz CT molecular complexity index is 133. The molecule has 0 aromatic rings. The van der Waals surface area contributed by atoms with E-state index in [4.69, 9.17) is 5.73 Å². The molecule has 3 heteroatoms. The third-order valence-electron chi connectivity index (χ3n) is 2.61. The highest BCUT2D eigenvalue weighted by Gasteiger charge is 2.38. The van der Waals surface area contributed by atoms with Gasteiger partial charge in [0.1, 0.15) is 0 Å². The van der Waals surface area contributed by atoms with Gasteiger partial charge in [-0.25, -0.2) is 0 Å². The average molecular weight is 189 g/mol. The van der Waals surface area contributed by atoms with Crippen molar-refractivity contribution in [1.29, 1.82) is 0 Å². The van der Waals surface area contributed by atoms with Gasteiger partial charge in [0.25, 0.3) is 0 Å². The molecule has 0 radical (unpaired) electrons. The predicted octanol–water partition coefficient (Wildman–Crippen LogP) is 2.06. The van der Waals surface area contributed by atoms with Crippen LogP contribution in [0.2, 0.25) is 0 Å². The Morgan fingerprint density at radius 2 is 1.64 bits per heavy atom. The Morgan fingerprint density at radius 1 is 1.09 bits per heavy atom. The van der Waals surface area contributed by atoms with Crippen molar-refractivity contribution in [1.82, 2.24) is 0 Å². The minimum Gasteiger partial charge on any atom is -0.328 e. The van der Waals surface area contributed by atoms with E-state index in [0.29, 0.717) is 10.1 Å². The van der Waals surface area contributed by atoms with Gasteiger partial charge in [-0.3, -0.25) is 0 Å². The van der Waals surface area contributed by atoms with Crippen molar-refractivity contribution in [2.45, 2.75) is 35.8 Å². The van der Waals surface area contributed by atoms with Crippen molar-refractivity contribution in [3.8, 4) is 0 Å². The van der Waals surface area contributed by atoms with Crippen LogP contribution in [0.1, 0.15) is 25.7 Å². The van der Waals surface area contributed by atoms with Gasteiger partial charge in [-0.15, -0.1) is 23.5 Å². The van der Waals surface area contributed by atoms with E-state index in [0.717, 1.165) is 0 Å². The normalized spacial score (nSPS) is 31.4. The summed E-state index contributed by atoms with van der Waals surface area (Å²) in [6, 6.07) is 0.502. The van der Waals surface area contributed by atoms with Crippen LogP contribution in [0.5, 0.6) is 0 Å². The smallest absolute Gasteiger partial charge is 0.0612 e. The van der Waals surface area contributed by atoms with E-state index < -0.39 is 0 Å². The van der Waals surface area contributed by atoms with Crippen LogP contribution in [0.4, 0.5) is 0 Å². The van der Waals surface area contributed by atoms with Crippen LogP contribution >= 0.6 is 23.5 Å². The molecule has 64 valence electrons. The van der Waals surface area contributed by atoms with E-state index >= 15 is 0 Å². The van der Waals surface area contributed by atoms with Gasteiger partial charge in [-0.2, -0.15) is 0 Å². The second-order valence-corrected chi connectivity index (χ2v) is 6.66. The molecule has 11 heavy (non-hydrogen) atoms. The maximum atomic E-state index is 5.87. The lowest BCUT2D eigenvalue weighted by atomic mass is 9.95. The second kappa shape index (κ2) is 3.19. The Morgan fingerprint density at radius 3 is 2.18 bits per heavy atom. The zero-order chi connectivity index (χ0) is 7.73. The van der Waals surface area contributed by atoms with Crippen LogP contribution in [-0.2, 0) is 0 Å². The fourth-order valence-electron chi connectivity index (χ4n) is 1.87. The summed E-state index contributed by atoms with van der Waals surface area (Å²) in [5.74, 6) is 2.72. The van der Waals surface area contributed by atoms with Gasteiger partial charge in [0.15, 0.2) is 0 Å². The predicted molar refractivity (Wildman–Crippen MR) is 54.1 cm³/mol. The Kier molecular flexibility index (Phi) is 2.40. The Balaban J connectivity index is 1.94. The molecule has 0 aromatic heterocycles. The van der Waals surface area contributed by atoms with Gasteiger partial charge in [0, 0.05) is 17.5 Å². The van der Waals surface area contributed by atoms with E-state index in [-0.39, 0.29) is 0 Å². The fourth-order valence-corrected chi connectivity index (χ4v) is 5.16. The molecule has 0 atom stereocenters. The topological polar surface area (TPSA) is 26.0 Å². The van der Waals surface area contributed by atoms with Gasteiger partial charge in [0.05, 0.1) is 4.08 Å². The van der Waals surface area contributed by atoms with E-state index in [1.807, 2.05) is 0 Å². The molecule has 2 N–H and O–H groups in total. The van der Waals surface area contributed by atoms with Crippen LogP contribution in [0.15, 0.2) is 0 Å². The van der Waals surface area contributed by atoms with Crippen molar-refractivity contribution in [2.24, 2.45) is 5.73 Å². The van der Waals surface area contributed by atoms with Crippen LogP contribution in [-0.4, -0.2) is 21.6 Å². The molecule has 1 aliphatic heterocycles. The highest BCUT2D eigenvalue weighted by atomic mass is 32.2. The lowest BCUT2D eigenvalue weighted by Crippen LogP contribution is -2.32. The van der Waals surface area contributed by atoms with Gasteiger partial charge in [-0.1, -0.05) is 0 Å². The molecule has 0 unspecified atom stereocenters. The van der Waals surface area contributed by atoms with Crippen LogP contribution in [0.25, 0.3) is 0 Å². The first kappa shape index (κ1) is 8.27. The summed E-state index contributed by atoms with van der Waals surface area (Å²) < 4.78 is 0.607. The summed E-state index contributed by atoms with van der Waals surface area (Å²) in [6.07, 6.45) is 5.20. The third-order valence-corrected chi connectivity index (χ3v) is 6.26. The molecular formula is C8H15NS2. The summed E-state index contributed by atoms with van der Waals surface area (Å²) >= 11 is 4.35. The van der Waals surface area contributed by atoms with E-state index in [1.165, 1.54) is 37.2 Å². The van der Waals surface area contributed by atoms with E-state index in [2.05, 4.69) is 23.5 Å². The summed E-state index contributed by atoms with van der Waals surface area (Å²) in [4.78, 5) is 0. The van der Waals surface area contributed by atoms with Crippen molar-refractivity contribution in [2.75, 3.05) is 11.5 Å². The summed E-state index contributed by atoms with van der Waals surface area (Å²) in [7, 11) is 0. The van der Waals surface area contributed by atoms with Gasteiger partial charge in [-0.05, 0) is 25.7 Å². The molecular weight excluding hydrogens is 174 g/mol. The molecule has 0 amide bonds. The molecule has 2 aliphatic rings. The molecule has 0 bridgehead atoms. The lowest BCUT2D eigenvalue weighted by molar-refractivity contribution is 0.433. The SMILES string of the molecule is NC1CCC2(CC1)SCCS2. The number of rotatable bonds is 0. The number of hydrogen-bond donors (Lipinski definition) is 1. The number of thioether (sulfide) groups is 2. The number of hydrogen-bond acceptors (Lipinski definition) is 3. The molecule has 2 rings (SSSR count). The zero-order valence-electron chi connectivity index (χ0n) is 6.71. The van der Waals surface area contributed by atoms with Crippen LogP contribution in [0.3, 0.4) is 0 Å². The van der Waals surface area contributed by atoms with Crippen molar-refractivity contribution in [3.63, 3.8) is 0 Å². The standard InChI is InChI=1S/C8H15NS2/c9-7-1-3-8(4-2-7)10-5-6-11-8/h7H,1-6,9H2. The first-order chi connectivity index (χ1) is 5.31. The molecule has 1 nitrogen and oxygen atoms in total. The van der Waals surface area contributed by atoms with Gasteiger partial charge in [0.2, 0.25) is 0 Å². The molecule has 1 saturated carbocycles. The van der Waals surface area contributed by atoms with Crippen LogP contribution in [0, 0.1) is 0 Å². The minimum atomic E-state index is 0.502. The molecule has 2 fully saturated rings. The molecule has 1 saturated heterocycles. The minimum absolute atomic E-state index is 0.502. The number of nitrogens with two attached hydrogens (primary N) is 1. The van der Waals surface area contributed by atoms with E-state index in [9.17, 15) is 0 Å². The highest BCUT2D eigenvalue weighted by molar-refractivity contribution is 8.21. The zero-order valence-corrected chi connectivity index (χ0v) is 8.35. The van der Waals surface area contributed by atoms with Crippen molar-refractivity contribution in [3.05, 3.63) is 0 Å². The Labute approximate surface area is 76.9 Å². The first-order valence-corrected chi connectivity index (χ1v) is 6.31. The summed E-state index contributed by atoms with van der Waals surface area (Å²) in [5, 5.41) is 0.